The van der Waals surface area contributed by atoms with Crippen molar-refractivity contribution < 1.29 is 47.0 Å². The van der Waals surface area contributed by atoms with Crippen molar-refractivity contribution in [2.45, 2.75) is 91.1 Å². The van der Waals surface area contributed by atoms with Crippen LogP contribution in [0.2, 0.25) is 0 Å². The highest BCUT2D eigenvalue weighted by atomic mass is 32.2. The Hall–Kier alpha value is -6.63. The maximum Gasteiger partial charge on any atom is 0.274 e. The molecule has 0 spiro atoms. The number of hydrogen-bond acceptors (Lipinski definition) is 15. The van der Waals surface area contributed by atoms with Crippen LogP contribution >= 0.6 is 0 Å². The number of nitrogens with two attached hydrogens (primary N) is 3. The van der Waals surface area contributed by atoms with Gasteiger partial charge in [-0.15, -0.1) is 0 Å². The van der Waals surface area contributed by atoms with E-state index < -0.39 is 82.7 Å². The van der Waals surface area contributed by atoms with Gasteiger partial charge in [-0.3, -0.25) is 24.0 Å². The first-order valence-electron chi connectivity index (χ1n) is 22.9. The van der Waals surface area contributed by atoms with Crippen molar-refractivity contribution in [3.63, 3.8) is 0 Å². The average Bonchev–Trinajstić information content (AvgIpc) is 3.29. The fourth-order valence-corrected chi connectivity index (χ4v) is 8.77. The SMILES string of the molecule is Cc1nc(-c2ccc(C(C)(C)C)cc2)nc(C)c1C(=O)C[C@@H](CNS(N)(=O)=O)C(=O)N(C)[C@@H]1C(=O)C[C@@H](C)C(=O)N[C@H](C(=O)CCC#N)Cc2ccc(OCCN)c(c2)-c2cc1cc(OCCN)c2O. The summed E-state index contributed by atoms with van der Waals surface area (Å²) in [5.41, 5.74) is 15.1. The van der Waals surface area contributed by atoms with E-state index >= 15 is 0 Å². The molecule has 0 radical (unpaired) electrons. The number of fused-ring (bicyclic) bond motifs is 5. The number of phenols is 1. The van der Waals surface area contributed by atoms with Gasteiger partial charge < -0.3 is 36.3 Å². The zero-order valence-corrected chi connectivity index (χ0v) is 41.4. The number of aromatic nitrogens is 2. The highest BCUT2D eigenvalue weighted by molar-refractivity contribution is 7.87. The largest absolute Gasteiger partial charge is 0.504 e. The van der Waals surface area contributed by atoms with E-state index in [1.165, 1.54) is 26.1 Å². The summed E-state index contributed by atoms with van der Waals surface area (Å²) in [5, 5.41) is 29.2. The van der Waals surface area contributed by atoms with E-state index in [1.807, 2.05) is 30.3 Å². The molecule has 0 saturated carbocycles. The van der Waals surface area contributed by atoms with Gasteiger partial charge in [0.1, 0.15) is 25.0 Å². The summed E-state index contributed by atoms with van der Waals surface area (Å²) in [6.45, 7) is 10.5. The number of carbonyl (C=O) groups excluding carboxylic acids is 5. The van der Waals surface area contributed by atoms with E-state index in [0.717, 1.165) is 16.0 Å². The van der Waals surface area contributed by atoms with Gasteiger partial charge in [-0.25, -0.2) is 19.8 Å². The molecule has 20 heteroatoms. The number of carbonyl (C=O) groups is 5. The zero-order chi connectivity index (χ0) is 51.7. The number of aromatic hydroxyl groups is 1. The fourth-order valence-electron chi connectivity index (χ4n) is 8.33. The number of benzene rings is 3. The second-order valence-corrected chi connectivity index (χ2v) is 19.8. The molecule has 1 aliphatic rings. The molecule has 1 aromatic heterocycles. The Kier molecular flexibility index (Phi) is 18.1. The van der Waals surface area contributed by atoms with Crippen LogP contribution in [0.3, 0.4) is 0 Å². The second-order valence-electron chi connectivity index (χ2n) is 18.5. The Morgan fingerprint density at radius 3 is 2.17 bits per heavy atom. The van der Waals surface area contributed by atoms with Crippen LogP contribution in [0.15, 0.2) is 54.6 Å². The zero-order valence-electron chi connectivity index (χ0n) is 40.6. The molecule has 4 atom stereocenters. The molecule has 70 heavy (non-hydrogen) atoms. The van der Waals surface area contributed by atoms with Crippen molar-refractivity contribution in [2.24, 2.45) is 28.4 Å². The number of ether oxygens (including phenoxy) is 2. The van der Waals surface area contributed by atoms with Gasteiger partial charge in [-0.2, -0.15) is 13.7 Å². The lowest BCUT2D eigenvalue weighted by Gasteiger charge is -2.32. The van der Waals surface area contributed by atoms with Crippen LogP contribution < -0.4 is 36.1 Å². The average molecular weight is 982 g/mol. The lowest BCUT2D eigenvalue weighted by molar-refractivity contribution is -0.142. The lowest BCUT2D eigenvalue weighted by Crippen LogP contribution is -2.46. The topological polar surface area (TPSA) is 313 Å². The van der Waals surface area contributed by atoms with Crippen molar-refractivity contribution in [3.05, 3.63) is 88.2 Å². The third-order valence-electron chi connectivity index (χ3n) is 12.0. The van der Waals surface area contributed by atoms with Crippen molar-refractivity contribution in [1.82, 2.24) is 24.9 Å². The summed E-state index contributed by atoms with van der Waals surface area (Å²) < 4.78 is 38.7. The van der Waals surface area contributed by atoms with Gasteiger partial charge in [0, 0.05) is 75.0 Å². The van der Waals surface area contributed by atoms with Crippen molar-refractivity contribution >= 4 is 39.4 Å². The molecule has 374 valence electrons. The van der Waals surface area contributed by atoms with Crippen molar-refractivity contribution in [3.8, 4) is 45.8 Å². The summed E-state index contributed by atoms with van der Waals surface area (Å²) in [7, 11) is -3.13. The third-order valence-corrected chi connectivity index (χ3v) is 12.6. The predicted molar refractivity (Wildman–Crippen MR) is 262 cm³/mol. The molecule has 9 N–H and O–H groups in total. The molecular weight excluding hydrogens is 919 g/mol. The summed E-state index contributed by atoms with van der Waals surface area (Å²) >= 11 is 0. The molecule has 2 heterocycles. The minimum Gasteiger partial charge on any atom is -0.504 e. The van der Waals surface area contributed by atoms with Crippen molar-refractivity contribution in [1.29, 1.82) is 5.26 Å². The number of nitriles is 1. The van der Waals surface area contributed by atoms with E-state index in [-0.39, 0.29) is 90.5 Å². The van der Waals surface area contributed by atoms with Gasteiger partial charge >= 0.3 is 0 Å². The van der Waals surface area contributed by atoms with Crippen molar-refractivity contribution in [2.75, 3.05) is 39.9 Å². The smallest absolute Gasteiger partial charge is 0.274 e. The van der Waals surface area contributed by atoms with Crippen LogP contribution in [0.1, 0.15) is 97.9 Å². The number of ketones is 3. The van der Waals surface area contributed by atoms with Gasteiger partial charge in [0.2, 0.25) is 11.8 Å². The van der Waals surface area contributed by atoms with E-state index in [2.05, 4.69) is 40.8 Å². The molecule has 0 unspecified atom stereocenters. The monoisotopic (exact) mass is 981 g/mol. The number of phenolic OH excluding ortho intramolecular Hbond substituents is 1. The molecule has 5 rings (SSSR count). The molecule has 2 amide bonds. The van der Waals surface area contributed by atoms with Crippen LogP contribution in [-0.4, -0.2) is 103 Å². The minimum atomic E-state index is -4.42. The van der Waals surface area contributed by atoms with Gasteiger partial charge in [0.15, 0.2) is 34.7 Å². The third kappa shape index (κ3) is 13.6. The fraction of sp³-hybridized carbons (Fsp3) is 0.440. The number of rotatable bonds is 18. The molecule has 19 nitrogen and oxygen atoms in total. The van der Waals surface area contributed by atoms with Crippen LogP contribution in [0.5, 0.6) is 17.2 Å². The van der Waals surface area contributed by atoms with Gasteiger partial charge in [0.25, 0.3) is 10.2 Å². The lowest BCUT2D eigenvalue weighted by atomic mass is 9.86. The van der Waals surface area contributed by atoms with E-state index in [4.69, 9.17) is 26.1 Å². The number of nitrogens with zero attached hydrogens (tertiary/aromatic N) is 4. The summed E-state index contributed by atoms with van der Waals surface area (Å²) in [6, 6.07) is 14.7. The number of amides is 2. The quantitative estimate of drug-likeness (QED) is 0.0773. The first-order valence-corrected chi connectivity index (χ1v) is 24.4. The number of aryl methyl sites for hydroxylation is 2. The van der Waals surface area contributed by atoms with E-state index in [0.29, 0.717) is 22.8 Å². The Balaban J connectivity index is 1.64. The first-order chi connectivity index (χ1) is 33.0. The maximum atomic E-state index is 15.0. The number of nitrogens with one attached hydrogen (secondary N) is 2. The minimum absolute atomic E-state index is 0.0227. The highest BCUT2D eigenvalue weighted by Gasteiger charge is 2.38. The molecule has 4 aromatic rings. The normalized spacial score (nSPS) is 16.8. The Morgan fingerprint density at radius 1 is 0.957 bits per heavy atom. The van der Waals surface area contributed by atoms with Crippen LogP contribution in [-0.2, 0) is 41.2 Å². The molecule has 4 bridgehead atoms. The standard InChI is InChI=1S/C50H63N9O10S/c1-28-21-41(62)45(59(7)49(65)34(27-55-70(54,66)67)25-40(61)44-29(2)56-47(57-30(44)3)32-11-13-35(14-12-32)50(4,5)6)33-24-37(46(63)43(26-33)69-20-18-53)36-22-31(10-15-42(36)68-19-17-52)23-38(58-48(28)64)39(60)9-8-16-51/h10-15,22,24,26,28,34,38,45,55,63H,8-9,17-21,23,25,27,52-53H2,1-7H3,(H,58,64)(H2,54,66,67)/t28-,34+,38+,45+/m1/s1. The van der Waals surface area contributed by atoms with Gasteiger partial charge in [-0.1, -0.05) is 58.0 Å². The summed E-state index contributed by atoms with van der Waals surface area (Å²) in [5.74, 6) is -5.68. The number of likely N-dealkylation sites (N-methyl/N-ethyl adjacent to an activating group) is 1. The summed E-state index contributed by atoms with van der Waals surface area (Å²) in [4.78, 5) is 81.9. The van der Waals surface area contributed by atoms with E-state index in [9.17, 15) is 42.8 Å². The predicted octanol–water partition coefficient (Wildman–Crippen LogP) is 3.80. The molecule has 1 aliphatic heterocycles. The Labute approximate surface area is 408 Å². The van der Waals surface area contributed by atoms with Crippen LogP contribution in [0.4, 0.5) is 0 Å². The molecule has 0 aliphatic carbocycles. The summed E-state index contributed by atoms with van der Waals surface area (Å²) in [6.07, 6.45) is -1.36. The first kappa shape index (κ1) is 54.3. The molecule has 3 aromatic carbocycles. The molecule has 0 saturated heterocycles. The molecular formula is C50H63N9O10S. The van der Waals surface area contributed by atoms with Crippen LogP contribution in [0.25, 0.3) is 22.5 Å². The van der Waals surface area contributed by atoms with Gasteiger partial charge in [0.05, 0.1) is 35.0 Å². The number of hydrogen-bond donors (Lipinski definition) is 6. The Bertz CT molecular complexity index is 2750. The number of Topliss-reactive ketones (excluding diaryl/α,β-unsaturated/α-hetero) is 3. The Morgan fingerprint density at radius 2 is 1.59 bits per heavy atom. The highest BCUT2D eigenvalue weighted by Crippen LogP contribution is 2.45. The molecule has 0 fully saturated rings. The van der Waals surface area contributed by atoms with Crippen LogP contribution in [0, 0.1) is 37.0 Å². The van der Waals surface area contributed by atoms with Gasteiger partial charge in [-0.05, 0) is 66.6 Å². The van der Waals surface area contributed by atoms with E-state index in [1.54, 1.807) is 32.0 Å². The second kappa shape index (κ2) is 23.3. The maximum absolute atomic E-state index is 15.0.